The van der Waals surface area contributed by atoms with Crippen LogP contribution in [0.1, 0.15) is 51.1 Å². The van der Waals surface area contributed by atoms with Gasteiger partial charge in [0.25, 0.3) is 11.8 Å². The van der Waals surface area contributed by atoms with Crippen molar-refractivity contribution >= 4 is 17.3 Å². The first kappa shape index (κ1) is 25.5. The number of amides is 2. The molecule has 40 heavy (non-hydrogen) atoms. The second-order valence-corrected chi connectivity index (χ2v) is 10.3. The molecule has 0 spiro atoms. The number of carbonyl (C=O) groups is 2. The van der Waals surface area contributed by atoms with Gasteiger partial charge in [-0.05, 0) is 97.0 Å². The van der Waals surface area contributed by atoms with Gasteiger partial charge >= 0.3 is 0 Å². The Labute approximate surface area is 231 Å². The summed E-state index contributed by atoms with van der Waals surface area (Å²) < 4.78 is 15.2. The van der Waals surface area contributed by atoms with Gasteiger partial charge in [0, 0.05) is 24.4 Å². The van der Waals surface area contributed by atoms with Crippen molar-refractivity contribution < 1.29 is 14.0 Å². The highest BCUT2D eigenvalue weighted by molar-refractivity contribution is 6.07. The maximum Gasteiger partial charge on any atom is 0.255 e. The van der Waals surface area contributed by atoms with E-state index in [-0.39, 0.29) is 23.2 Å². The van der Waals surface area contributed by atoms with E-state index in [1.807, 2.05) is 55.5 Å². The Bertz CT molecular complexity index is 1740. The lowest BCUT2D eigenvalue weighted by atomic mass is 9.71. The molecule has 1 aliphatic carbocycles. The van der Waals surface area contributed by atoms with Gasteiger partial charge in [-0.3, -0.25) is 9.59 Å². The van der Waals surface area contributed by atoms with Crippen molar-refractivity contribution in [3.05, 3.63) is 119 Å². The predicted molar refractivity (Wildman–Crippen MR) is 154 cm³/mol. The number of pyridine rings is 1. The number of nitrogens with zero attached hydrogens (tertiary/aromatic N) is 2. The minimum Gasteiger partial charge on any atom is -0.355 e. The lowest BCUT2D eigenvalue weighted by molar-refractivity contribution is 0.0823. The summed E-state index contributed by atoms with van der Waals surface area (Å²) in [6.07, 6.45) is 4.71. The van der Waals surface area contributed by atoms with Gasteiger partial charge in [0.05, 0.1) is 16.6 Å². The Morgan fingerprint density at radius 2 is 1.65 bits per heavy atom. The molecule has 0 radical (unpaired) electrons. The normalized spacial score (nSPS) is 14.0. The summed E-state index contributed by atoms with van der Waals surface area (Å²) in [6.45, 7) is 2.00. The van der Waals surface area contributed by atoms with Crippen LogP contribution in [0.3, 0.4) is 0 Å². The van der Waals surface area contributed by atoms with Crippen LogP contribution in [0.15, 0.2) is 91.1 Å². The lowest BCUT2D eigenvalue weighted by Gasteiger charge is -2.43. The van der Waals surface area contributed by atoms with Crippen LogP contribution in [0.4, 0.5) is 4.39 Å². The van der Waals surface area contributed by atoms with Crippen LogP contribution in [0, 0.1) is 12.7 Å². The number of hydrogen-bond acceptors (Lipinski definition) is 3. The van der Waals surface area contributed by atoms with E-state index < -0.39 is 0 Å². The van der Waals surface area contributed by atoms with Crippen molar-refractivity contribution in [2.75, 3.05) is 7.05 Å². The number of nitrogens with one attached hydrogen (secondary N) is 2. The molecule has 2 aromatic heterocycles. The topological polar surface area (TPSA) is 75.5 Å². The fraction of sp³-hybridized carbons (Fsp3) is 0.182. The van der Waals surface area contributed by atoms with Crippen LogP contribution in [0.25, 0.3) is 27.9 Å². The van der Waals surface area contributed by atoms with Crippen molar-refractivity contribution in [2.45, 2.75) is 31.7 Å². The maximum atomic E-state index is 13.6. The van der Waals surface area contributed by atoms with Gasteiger partial charge < -0.3 is 10.6 Å². The van der Waals surface area contributed by atoms with Crippen LogP contribution in [-0.2, 0) is 5.54 Å². The van der Waals surface area contributed by atoms with Crippen molar-refractivity contribution in [3.8, 4) is 22.4 Å². The average Bonchev–Trinajstić information content (AvgIpc) is 3.34. The molecule has 7 heteroatoms. The van der Waals surface area contributed by atoms with E-state index >= 15 is 0 Å². The molecule has 6 rings (SSSR count). The number of hydrogen-bond donors (Lipinski definition) is 2. The first-order valence-corrected chi connectivity index (χ1v) is 13.4. The molecule has 0 bridgehead atoms. The molecular formula is C33H29FN4O2. The van der Waals surface area contributed by atoms with Gasteiger partial charge in [0.15, 0.2) is 0 Å². The molecule has 0 aliphatic heterocycles. The summed E-state index contributed by atoms with van der Waals surface area (Å²) in [4.78, 5) is 26.5. The third kappa shape index (κ3) is 4.43. The number of aryl methyl sites for hydroxylation is 1. The van der Waals surface area contributed by atoms with Crippen LogP contribution in [0.2, 0.25) is 0 Å². The third-order valence-corrected chi connectivity index (χ3v) is 7.90. The highest BCUT2D eigenvalue weighted by atomic mass is 19.1. The highest BCUT2D eigenvalue weighted by Gasteiger charge is 2.40. The summed E-state index contributed by atoms with van der Waals surface area (Å²) in [5, 5.41) is 10.7. The summed E-state index contributed by atoms with van der Waals surface area (Å²) in [7, 11) is 1.57. The minimum absolute atomic E-state index is 0.111. The first-order valence-electron chi connectivity index (χ1n) is 13.4. The van der Waals surface area contributed by atoms with E-state index in [0.717, 1.165) is 41.5 Å². The molecule has 5 aromatic rings. The quantitative estimate of drug-likeness (QED) is 0.270. The number of aromatic nitrogens is 2. The van der Waals surface area contributed by atoms with E-state index in [1.54, 1.807) is 29.9 Å². The summed E-state index contributed by atoms with van der Waals surface area (Å²) in [5.41, 5.74) is 6.25. The van der Waals surface area contributed by atoms with E-state index in [0.29, 0.717) is 27.9 Å². The van der Waals surface area contributed by atoms with Crippen LogP contribution in [-0.4, -0.2) is 28.5 Å². The number of carbonyl (C=O) groups excluding carboxylic acids is 2. The van der Waals surface area contributed by atoms with Crippen LogP contribution < -0.4 is 10.6 Å². The monoisotopic (exact) mass is 532 g/mol. The Kier molecular flexibility index (Phi) is 6.42. The predicted octanol–water partition coefficient (Wildman–Crippen LogP) is 6.28. The largest absolute Gasteiger partial charge is 0.355 e. The molecule has 0 saturated heterocycles. The highest BCUT2D eigenvalue weighted by Crippen LogP contribution is 2.41. The number of benzene rings is 3. The molecule has 2 heterocycles. The Morgan fingerprint density at radius 1 is 0.900 bits per heavy atom. The fourth-order valence-corrected chi connectivity index (χ4v) is 5.51. The maximum absolute atomic E-state index is 13.6. The first-order chi connectivity index (χ1) is 19.4. The molecule has 1 saturated carbocycles. The van der Waals surface area contributed by atoms with Crippen LogP contribution >= 0.6 is 0 Å². The number of fused-ring (bicyclic) bond motifs is 1. The Morgan fingerprint density at radius 3 is 2.33 bits per heavy atom. The zero-order chi connectivity index (χ0) is 27.9. The summed E-state index contributed by atoms with van der Waals surface area (Å²) >= 11 is 0. The van der Waals surface area contributed by atoms with Crippen molar-refractivity contribution in [1.29, 1.82) is 0 Å². The van der Waals surface area contributed by atoms with E-state index in [4.69, 9.17) is 0 Å². The molecule has 3 aromatic carbocycles. The van der Waals surface area contributed by atoms with Crippen molar-refractivity contribution in [3.63, 3.8) is 0 Å². The van der Waals surface area contributed by atoms with Gasteiger partial charge in [-0.2, -0.15) is 5.10 Å². The standard InChI is InChI=1S/C33H29FN4O2/c1-21-9-10-24(31(39)36-33(16-6-17-33)25-7-4-3-5-8-25)19-27(21)23-15-18-38-28(20-23)29(32(40)35-2)30(37-38)22-11-13-26(34)14-12-22/h3-5,7-15,18-20H,6,16-17H2,1-2H3,(H,35,40)(H,36,39). The molecule has 0 unspecified atom stereocenters. The molecule has 0 atom stereocenters. The molecule has 200 valence electrons. The average molecular weight is 533 g/mol. The van der Waals surface area contributed by atoms with Gasteiger partial charge in [0.2, 0.25) is 0 Å². The molecule has 1 aliphatic rings. The van der Waals surface area contributed by atoms with Gasteiger partial charge in [-0.25, -0.2) is 8.91 Å². The molecule has 6 nitrogen and oxygen atoms in total. The Hall–Kier alpha value is -4.78. The van der Waals surface area contributed by atoms with Crippen molar-refractivity contribution in [1.82, 2.24) is 20.2 Å². The minimum atomic E-state index is -0.359. The lowest BCUT2D eigenvalue weighted by Crippen LogP contribution is -2.50. The van der Waals surface area contributed by atoms with Crippen molar-refractivity contribution in [2.24, 2.45) is 0 Å². The second kappa shape index (κ2) is 10.1. The summed E-state index contributed by atoms with van der Waals surface area (Å²) in [6, 6.07) is 25.6. The van der Waals surface area contributed by atoms with E-state index in [1.165, 1.54) is 12.1 Å². The fourth-order valence-electron chi connectivity index (χ4n) is 5.51. The van der Waals surface area contributed by atoms with Gasteiger partial charge in [-0.1, -0.05) is 36.4 Å². The van der Waals surface area contributed by atoms with E-state index in [2.05, 4.69) is 27.9 Å². The third-order valence-electron chi connectivity index (χ3n) is 7.90. The molecular weight excluding hydrogens is 503 g/mol. The van der Waals surface area contributed by atoms with Crippen LogP contribution in [0.5, 0.6) is 0 Å². The zero-order valence-corrected chi connectivity index (χ0v) is 22.4. The molecule has 1 fully saturated rings. The Balaban J connectivity index is 1.39. The number of halogens is 1. The molecule has 2 amide bonds. The van der Waals surface area contributed by atoms with Gasteiger partial charge in [-0.15, -0.1) is 0 Å². The van der Waals surface area contributed by atoms with Gasteiger partial charge in [0.1, 0.15) is 11.5 Å². The zero-order valence-electron chi connectivity index (χ0n) is 22.4. The molecule has 2 N–H and O–H groups in total. The number of rotatable bonds is 6. The second-order valence-electron chi connectivity index (χ2n) is 10.3. The smallest absolute Gasteiger partial charge is 0.255 e. The van der Waals surface area contributed by atoms with E-state index in [9.17, 15) is 14.0 Å². The summed E-state index contributed by atoms with van der Waals surface area (Å²) in [5.74, 6) is -0.759. The SMILES string of the molecule is CNC(=O)c1c(-c2ccc(F)cc2)nn2ccc(-c3cc(C(=O)NC4(c5ccccc5)CCC4)ccc3C)cc12.